The van der Waals surface area contributed by atoms with Gasteiger partial charge in [0, 0.05) is 13.2 Å². The normalized spacial score (nSPS) is 12.8. The van der Waals surface area contributed by atoms with Crippen molar-refractivity contribution < 1.29 is 5.11 Å². The summed E-state index contributed by atoms with van der Waals surface area (Å²) in [7, 11) is 0. The van der Waals surface area contributed by atoms with Crippen molar-refractivity contribution in [2.45, 2.75) is 26.2 Å². The van der Waals surface area contributed by atoms with Gasteiger partial charge in [0.1, 0.15) is 10.6 Å². The topological polar surface area (TPSA) is 58.0 Å². The Morgan fingerprint density at radius 3 is 3.00 bits per heavy atom. The molecule has 0 bridgehead atoms. The molecule has 1 atom stereocenters. The molecule has 2 rings (SSSR count). The Balaban J connectivity index is 2.09. The number of anilines is 1. The molecule has 104 valence electrons. The second kappa shape index (κ2) is 7.03. The van der Waals surface area contributed by atoms with E-state index in [9.17, 15) is 0 Å². The van der Waals surface area contributed by atoms with Gasteiger partial charge in [-0.1, -0.05) is 13.3 Å². The van der Waals surface area contributed by atoms with Gasteiger partial charge in [0.15, 0.2) is 0 Å². The van der Waals surface area contributed by atoms with Crippen molar-refractivity contribution in [2.24, 2.45) is 5.92 Å². The number of hydrogen-bond donors (Lipinski definition) is 2. The van der Waals surface area contributed by atoms with Crippen LogP contribution in [0.5, 0.6) is 0 Å². The summed E-state index contributed by atoms with van der Waals surface area (Å²) in [4.78, 5) is 9.34. The summed E-state index contributed by atoms with van der Waals surface area (Å²) in [6.07, 6.45) is 3.02. The maximum atomic E-state index is 9.07. The molecule has 2 aromatic rings. The van der Waals surface area contributed by atoms with Crippen LogP contribution in [0.2, 0.25) is 5.28 Å². The van der Waals surface area contributed by atoms with Crippen LogP contribution in [-0.2, 0) is 0 Å². The van der Waals surface area contributed by atoms with Gasteiger partial charge >= 0.3 is 0 Å². The molecule has 0 amide bonds. The van der Waals surface area contributed by atoms with Crippen molar-refractivity contribution >= 4 is 39.0 Å². The molecular formula is C13H18ClN3OS. The Labute approximate surface area is 121 Å². The predicted octanol–water partition coefficient (Wildman–Crippen LogP) is 3.56. The number of nitrogens with one attached hydrogen (secondary N) is 1. The summed E-state index contributed by atoms with van der Waals surface area (Å²) in [6.45, 7) is 3.18. The average Bonchev–Trinajstić information content (AvgIpc) is 2.84. The molecule has 0 radical (unpaired) electrons. The van der Waals surface area contributed by atoms with Crippen LogP contribution < -0.4 is 5.32 Å². The van der Waals surface area contributed by atoms with E-state index in [0.29, 0.717) is 5.92 Å². The second-order valence-electron chi connectivity index (χ2n) is 4.53. The summed E-state index contributed by atoms with van der Waals surface area (Å²) in [6, 6.07) is 2.00. The molecule has 0 spiro atoms. The van der Waals surface area contributed by atoms with E-state index in [1.165, 1.54) is 0 Å². The molecule has 0 saturated carbocycles. The number of aromatic nitrogens is 2. The number of thiophene rings is 1. The van der Waals surface area contributed by atoms with E-state index < -0.39 is 0 Å². The number of rotatable bonds is 7. The third-order valence-corrected chi connectivity index (χ3v) is 4.07. The van der Waals surface area contributed by atoms with Crippen molar-refractivity contribution in [1.29, 1.82) is 0 Å². The average molecular weight is 300 g/mol. The van der Waals surface area contributed by atoms with Gasteiger partial charge in [-0.05, 0) is 41.8 Å². The summed E-state index contributed by atoms with van der Waals surface area (Å²) < 4.78 is 0. The number of aliphatic hydroxyl groups excluding tert-OH is 1. The van der Waals surface area contributed by atoms with Gasteiger partial charge in [-0.15, -0.1) is 11.3 Å². The van der Waals surface area contributed by atoms with Crippen LogP contribution in [0.15, 0.2) is 11.4 Å². The standard InChI is InChI=1S/C13H18ClN3OS/c1-2-3-9(4-6-18)8-15-11-10-5-7-19-12(10)17-13(14)16-11/h5,7,9,18H,2-4,6,8H2,1H3,(H,15,16,17). The van der Waals surface area contributed by atoms with Crippen molar-refractivity contribution in [3.8, 4) is 0 Å². The molecular weight excluding hydrogens is 282 g/mol. The number of aliphatic hydroxyl groups is 1. The minimum absolute atomic E-state index is 0.227. The van der Waals surface area contributed by atoms with Crippen molar-refractivity contribution in [3.63, 3.8) is 0 Å². The summed E-state index contributed by atoms with van der Waals surface area (Å²) in [5, 5.41) is 15.7. The molecule has 4 nitrogen and oxygen atoms in total. The van der Waals surface area contributed by atoms with Gasteiger partial charge in [-0.2, -0.15) is 0 Å². The molecule has 1 unspecified atom stereocenters. The monoisotopic (exact) mass is 299 g/mol. The molecule has 0 aromatic carbocycles. The quantitative estimate of drug-likeness (QED) is 0.768. The molecule has 0 saturated heterocycles. The SMILES string of the molecule is CCCC(CCO)CNc1nc(Cl)nc2sccc12. The maximum Gasteiger partial charge on any atom is 0.225 e. The summed E-state index contributed by atoms with van der Waals surface area (Å²) in [5.74, 6) is 1.24. The fourth-order valence-electron chi connectivity index (χ4n) is 2.14. The highest BCUT2D eigenvalue weighted by Gasteiger charge is 2.11. The highest BCUT2D eigenvalue weighted by Crippen LogP contribution is 2.26. The molecule has 0 aliphatic heterocycles. The maximum absolute atomic E-state index is 9.07. The zero-order chi connectivity index (χ0) is 13.7. The van der Waals surface area contributed by atoms with E-state index in [2.05, 4.69) is 22.2 Å². The summed E-state index contributed by atoms with van der Waals surface area (Å²) >= 11 is 7.48. The first-order chi connectivity index (χ1) is 9.24. The zero-order valence-electron chi connectivity index (χ0n) is 10.9. The van der Waals surface area contributed by atoms with Crippen LogP contribution in [0.4, 0.5) is 5.82 Å². The lowest BCUT2D eigenvalue weighted by Gasteiger charge is -2.16. The summed E-state index contributed by atoms with van der Waals surface area (Å²) in [5.41, 5.74) is 0. The van der Waals surface area contributed by atoms with Crippen LogP contribution in [-0.4, -0.2) is 28.2 Å². The van der Waals surface area contributed by atoms with Crippen LogP contribution in [0.3, 0.4) is 0 Å². The molecule has 0 fully saturated rings. The lowest BCUT2D eigenvalue weighted by Crippen LogP contribution is -2.16. The fourth-order valence-corrected chi connectivity index (χ4v) is 3.13. The second-order valence-corrected chi connectivity index (χ2v) is 5.76. The first-order valence-corrected chi connectivity index (χ1v) is 7.75. The molecule has 2 N–H and O–H groups in total. The van der Waals surface area contributed by atoms with E-state index >= 15 is 0 Å². The minimum atomic E-state index is 0.227. The van der Waals surface area contributed by atoms with E-state index in [0.717, 1.165) is 41.8 Å². The van der Waals surface area contributed by atoms with Gasteiger partial charge in [-0.25, -0.2) is 9.97 Å². The third kappa shape index (κ3) is 3.78. The molecule has 0 aliphatic carbocycles. The third-order valence-electron chi connectivity index (χ3n) is 3.09. The zero-order valence-corrected chi connectivity index (χ0v) is 12.5. The Kier molecular flexibility index (Phi) is 5.36. The Bertz CT molecular complexity index is 526. The highest BCUT2D eigenvalue weighted by atomic mass is 35.5. The van der Waals surface area contributed by atoms with E-state index in [1.807, 2.05) is 11.4 Å². The first kappa shape index (κ1) is 14.5. The molecule has 0 aliphatic rings. The van der Waals surface area contributed by atoms with Gasteiger partial charge in [0.25, 0.3) is 0 Å². The van der Waals surface area contributed by atoms with Crippen molar-refractivity contribution in [2.75, 3.05) is 18.5 Å². The van der Waals surface area contributed by atoms with Crippen molar-refractivity contribution in [3.05, 3.63) is 16.7 Å². The van der Waals surface area contributed by atoms with Crippen LogP contribution in [0.25, 0.3) is 10.2 Å². The van der Waals surface area contributed by atoms with Crippen LogP contribution >= 0.6 is 22.9 Å². The number of halogens is 1. The Morgan fingerprint density at radius 2 is 2.26 bits per heavy atom. The Morgan fingerprint density at radius 1 is 1.42 bits per heavy atom. The van der Waals surface area contributed by atoms with Gasteiger partial charge in [0.05, 0.1) is 5.39 Å². The lowest BCUT2D eigenvalue weighted by molar-refractivity contribution is 0.255. The Hall–Kier alpha value is -0.910. The molecule has 6 heteroatoms. The lowest BCUT2D eigenvalue weighted by atomic mass is 10.0. The van der Waals surface area contributed by atoms with Gasteiger partial charge in [0.2, 0.25) is 5.28 Å². The van der Waals surface area contributed by atoms with E-state index in [4.69, 9.17) is 16.7 Å². The first-order valence-electron chi connectivity index (χ1n) is 6.50. The smallest absolute Gasteiger partial charge is 0.225 e. The number of fused-ring (bicyclic) bond motifs is 1. The number of hydrogen-bond acceptors (Lipinski definition) is 5. The van der Waals surface area contributed by atoms with Crippen LogP contribution in [0, 0.1) is 5.92 Å². The molecule has 19 heavy (non-hydrogen) atoms. The van der Waals surface area contributed by atoms with Gasteiger partial charge < -0.3 is 10.4 Å². The fraction of sp³-hybridized carbons (Fsp3) is 0.538. The van der Waals surface area contributed by atoms with Crippen LogP contribution in [0.1, 0.15) is 26.2 Å². The largest absolute Gasteiger partial charge is 0.396 e. The van der Waals surface area contributed by atoms with E-state index in [1.54, 1.807) is 11.3 Å². The molecule has 2 heterocycles. The highest BCUT2D eigenvalue weighted by molar-refractivity contribution is 7.16. The molecule has 2 aromatic heterocycles. The minimum Gasteiger partial charge on any atom is -0.396 e. The van der Waals surface area contributed by atoms with Gasteiger partial charge in [-0.3, -0.25) is 0 Å². The predicted molar refractivity (Wildman–Crippen MR) is 81.0 cm³/mol. The number of nitrogens with zero attached hydrogens (tertiary/aromatic N) is 2. The van der Waals surface area contributed by atoms with E-state index in [-0.39, 0.29) is 11.9 Å². The van der Waals surface area contributed by atoms with Crippen molar-refractivity contribution in [1.82, 2.24) is 9.97 Å².